The highest BCUT2D eigenvalue weighted by atomic mass is 35.5. The van der Waals surface area contributed by atoms with Gasteiger partial charge in [-0.15, -0.1) is 10.2 Å². The monoisotopic (exact) mass is 310 g/mol. The number of nitro groups is 1. The number of halogens is 1. The zero-order valence-electron chi connectivity index (χ0n) is 11.9. The van der Waals surface area contributed by atoms with Gasteiger partial charge in [-0.1, -0.05) is 17.7 Å². The van der Waals surface area contributed by atoms with E-state index in [0.29, 0.717) is 12.4 Å². The molecule has 1 N–H and O–H groups in total. The fraction of sp³-hybridized carbons (Fsp3) is 0.385. The smallest absolute Gasteiger partial charge is 0.283 e. The molecule has 2 rings (SSSR count). The Balaban J connectivity index is 2.32. The minimum absolute atomic E-state index is 0.0398. The van der Waals surface area contributed by atoms with E-state index in [1.807, 2.05) is 20.8 Å². The van der Waals surface area contributed by atoms with Crippen LogP contribution in [0, 0.1) is 10.1 Å². The number of hydrogen-bond acceptors (Lipinski definition) is 6. The van der Waals surface area contributed by atoms with Crippen LogP contribution >= 0.6 is 11.6 Å². The molecule has 2 aromatic rings. The van der Waals surface area contributed by atoms with Gasteiger partial charge in [0.15, 0.2) is 0 Å². The molecule has 21 heavy (non-hydrogen) atoms. The van der Waals surface area contributed by atoms with Crippen LogP contribution in [0.3, 0.4) is 0 Å². The predicted octanol–water partition coefficient (Wildman–Crippen LogP) is 3.19. The Labute approximate surface area is 126 Å². The third-order valence-corrected chi connectivity index (χ3v) is 2.95. The highest BCUT2D eigenvalue weighted by Crippen LogP contribution is 2.35. The van der Waals surface area contributed by atoms with Crippen molar-refractivity contribution in [3.05, 3.63) is 39.2 Å². The van der Waals surface area contributed by atoms with Crippen LogP contribution in [0.25, 0.3) is 11.5 Å². The van der Waals surface area contributed by atoms with Crippen LogP contribution in [0.4, 0.5) is 5.69 Å². The Morgan fingerprint density at radius 3 is 2.71 bits per heavy atom. The number of aromatic nitrogens is 2. The first-order chi connectivity index (χ1) is 9.78. The molecular weight excluding hydrogens is 296 g/mol. The van der Waals surface area contributed by atoms with Gasteiger partial charge in [-0.05, 0) is 26.8 Å². The SMILES string of the molecule is CC(C)(C)NCc1nnc(-c2c(Cl)cccc2[N+](=O)[O-])o1. The normalized spacial score (nSPS) is 11.6. The van der Waals surface area contributed by atoms with E-state index in [0.717, 1.165) is 0 Å². The molecule has 0 spiro atoms. The predicted molar refractivity (Wildman–Crippen MR) is 78.0 cm³/mol. The average Bonchev–Trinajstić information content (AvgIpc) is 2.83. The van der Waals surface area contributed by atoms with E-state index in [1.54, 1.807) is 6.07 Å². The first-order valence-corrected chi connectivity index (χ1v) is 6.66. The Kier molecular flexibility index (Phi) is 4.24. The lowest BCUT2D eigenvalue weighted by Crippen LogP contribution is -2.35. The number of nitrogens with one attached hydrogen (secondary N) is 1. The maximum Gasteiger partial charge on any atom is 0.283 e. The van der Waals surface area contributed by atoms with Crippen molar-refractivity contribution < 1.29 is 9.34 Å². The van der Waals surface area contributed by atoms with Crippen molar-refractivity contribution in [3.8, 4) is 11.5 Å². The van der Waals surface area contributed by atoms with Crippen molar-refractivity contribution in [2.45, 2.75) is 32.9 Å². The quantitative estimate of drug-likeness (QED) is 0.688. The van der Waals surface area contributed by atoms with Crippen LogP contribution in [-0.2, 0) is 6.54 Å². The highest BCUT2D eigenvalue weighted by Gasteiger charge is 2.23. The lowest BCUT2D eigenvalue weighted by Gasteiger charge is -2.18. The maximum absolute atomic E-state index is 11.1. The van der Waals surface area contributed by atoms with Crippen LogP contribution < -0.4 is 5.32 Å². The van der Waals surface area contributed by atoms with E-state index in [2.05, 4.69) is 15.5 Å². The number of nitrogens with zero attached hydrogens (tertiary/aromatic N) is 3. The highest BCUT2D eigenvalue weighted by molar-refractivity contribution is 6.33. The summed E-state index contributed by atoms with van der Waals surface area (Å²) in [4.78, 5) is 10.5. The molecule has 112 valence electrons. The van der Waals surface area contributed by atoms with E-state index in [-0.39, 0.29) is 27.7 Å². The van der Waals surface area contributed by atoms with Gasteiger partial charge in [-0.25, -0.2) is 0 Å². The summed E-state index contributed by atoms with van der Waals surface area (Å²) in [5.41, 5.74) is -0.134. The second kappa shape index (κ2) is 5.79. The Bertz CT molecular complexity index is 664. The minimum atomic E-state index is -0.529. The topological polar surface area (TPSA) is 94.1 Å². The molecular formula is C13H15ClN4O3. The largest absolute Gasteiger partial charge is 0.419 e. The second-order valence-electron chi connectivity index (χ2n) is 5.50. The molecule has 0 fully saturated rings. The third kappa shape index (κ3) is 3.77. The average molecular weight is 311 g/mol. The molecule has 0 unspecified atom stereocenters. The standard InChI is InChI=1S/C13H15ClN4O3/c1-13(2,3)15-7-10-16-17-12(21-10)11-8(14)5-4-6-9(11)18(19)20/h4-6,15H,7H2,1-3H3. The minimum Gasteiger partial charge on any atom is -0.419 e. The van der Waals surface area contributed by atoms with Crippen molar-refractivity contribution in [3.63, 3.8) is 0 Å². The fourth-order valence-corrected chi connectivity index (χ4v) is 1.89. The number of benzene rings is 1. The summed E-state index contributed by atoms with van der Waals surface area (Å²) in [7, 11) is 0. The Morgan fingerprint density at radius 1 is 1.38 bits per heavy atom. The van der Waals surface area contributed by atoms with E-state index in [1.165, 1.54) is 12.1 Å². The molecule has 0 saturated carbocycles. The zero-order valence-corrected chi connectivity index (χ0v) is 12.6. The van der Waals surface area contributed by atoms with Crippen molar-refractivity contribution >= 4 is 17.3 Å². The molecule has 0 atom stereocenters. The van der Waals surface area contributed by atoms with Crippen LogP contribution in [0.2, 0.25) is 5.02 Å². The zero-order chi connectivity index (χ0) is 15.6. The molecule has 1 aromatic heterocycles. The Morgan fingerprint density at radius 2 is 2.10 bits per heavy atom. The molecule has 7 nitrogen and oxygen atoms in total. The summed E-state index contributed by atoms with van der Waals surface area (Å²) in [5.74, 6) is 0.382. The van der Waals surface area contributed by atoms with Crippen molar-refractivity contribution in [2.24, 2.45) is 0 Å². The fourth-order valence-electron chi connectivity index (χ4n) is 1.64. The van der Waals surface area contributed by atoms with Gasteiger partial charge in [0.1, 0.15) is 5.56 Å². The van der Waals surface area contributed by atoms with E-state index < -0.39 is 4.92 Å². The van der Waals surface area contributed by atoms with Crippen molar-refractivity contribution in [1.82, 2.24) is 15.5 Å². The molecule has 0 radical (unpaired) electrons. The van der Waals surface area contributed by atoms with Crippen LogP contribution in [-0.4, -0.2) is 20.7 Å². The van der Waals surface area contributed by atoms with E-state index in [4.69, 9.17) is 16.0 Å². The summed E-state index contributed by atoms with van der Waals surface area (Å²) >= 11 is 6.02. The molecule has 1 heterocycles. The molecule has 8 heteroatoms. The first kappa shape index (κ1) is 15.4. The Hall–Kier alpha value is -1.99. The third-order valence-electron chi connectivity index (χ3n) is 2.64. The van der Waals surface area contributed by atoms with Gasteiger partial charge in [-0.3, -0.25) is 10.1 Å². The molecule has 0 aliphatic heterocycles. The summed E-state index contributed by atoms with van der Waals surface area (Å²) in [6.45, 7) is 6.38. The summed E-state index contributed by atoms with van der Waals surface area (Å²) < 4.78 is 5.46. The van der Waals surface area contributed by atoms with Crippen molar-refractivity contribution in [1.29, 1.82) is 0 Å². The first-order valence-electron chi connectivity index (χ1n) is 6.28. The van der Waals surface area contributed by atoms with Gasteiger partial charge in [0.25, 0.3) is 11.6 Å². The van der Waals surface area contributed by atoms with Crippen LogP contribution in [0.5, 0.6) is 0 Å². The van der Waals surface area contributed by atoms with E-state index in [9.17, 15) is 10.1 Å². The molecule has 0 bridgehead atoms. The summed E-state index contributed by atoms with van der Waals surface area (Å²) in [6.07, 6.45) is 0. The van der Waals surface area contributed by atoms with Gasteiger partial charge >= 0.3 is 0 Å². The number of rotatable bonds is 4. The molecule has 0 amide bonds. The van der Waals surface area contributed by atoms with Gasteiger partial charge in [0.05, 0.1) is 16.5 Å². The van der Waals surface area contributed by atoms with E-state index >= 15 is 0 Å². The molecule has 1 aromatic carbocycles. The summed E-state index contributed by atoms with van der Waals surface area (Å²) in [6, 6.07) is 4.39. The molecule has 0 aliphatic carbocycles. The van der Waals surface area contributed by atoms with Gasteiger partial charge in [0, 0.05) is 11.6 Å². The lowest BCUT2D eigenvalue weighted by molar-refractivity contribution is -0.384. The van der Waals surface area contributed by atoms with Crippen molar-refractivity contribution in [2.75, 3.05) is 0 Å². The molecule has 0 saturated heterocycles. The van der Waals surface area contributed by atoms with Gasteiger partial charge in [0.2, 0.25) is 5.89 Å². The maximum atomic E-state index is 11.1. The van der Waals surface area contributed by atoms with Crippen LogP contribution in [0.1, 0.15) is 26.7 Å². The van der Waals surface area contributed by atoms with Crippen LogP contribution in [0.15, 0.2) is 22.6 Å². The van der Waals surface area contributed by atoms with Gasteiger partial charge < -0.3 is 9.73 Å². The van der Waals surface area contributed by atoms with Gasteiger partial charge in [-0.2, -0.15) is 0 Å². The molecule has 0 aliphatic rings. The second-order valence-corrected chi connectivity index (χ2v) is 5.90. The summed E-state index contributed by atoms with van der Waals surface area (Å²) in [5, 5.41) is 22.2. The number of nitro benzene ring substituents is 1. The lowest BCUT2D eigenvalue weighted by atomic mass is 10.1. The number of hydrogen-bond donors (Lipinski definition) is 1.